The molecule has 112 valence electrons. The van der Waals surface area contributed by atoms with Crippen molar-refractivity contribution in [2.75, 3.05) is 0 Å². The van der Waals surface area contributed by atoms with Crippen LogP contribution in [0.25, 0.3) is 10.8 Å². The van der Waals surface area contributed by atoms with Crippen molar-refractivity contribution in [3.8, 4) is 0 Å². The van der Waals surface area contributed by atoms with Crippen molar-refractivity contribution in [2.45, 2.75) is 24.0 Å². The number of carboxylic acids is 1. The zero-order valence-corrected chi connectivity index (χ0v) is 12.0. The van der Waals surface area contributed by atoms with Gasteiger partial charge in [-0.15, -0.1) is 0 Å². The van der Waals surface area contributed by atoms with Gasteiger partial charge in [0.15, 0.2) is 0 Å². The van der Waals surface area contributed by atoms with Crippen molar-refractivity contribution in [1.29, 1.82) is 0 Å². The monoisotopic (exact) mass is 308 g/mol. The summed E-state index contributed by atoms with van der Waals surface area (Å²) in [5.41, 5.74) is 0. The lowest BCUT2D eigenvalue weighted by Gasteiger charge is -2.22. The maximum absolute atomic E-state index is 12.2. The number of fused-ring (bicyclic) bond motifs is 1. The lowest BCUT2D eigenvalue weighted by Crippen LogP contribution is -2.53. The average Bonchev–Trinajstić information content (AvgIpc) is 2.43. The minimum absolute atomic E-state index is 0.0758. The molecule has 0 fully saturated rings. The molecule has 0 aromatic heterocycles. The quantitative estimate of drug-likeness (QED) is 0.783. The first-order valence-electron chi connectivity index (χ1n) is 6.21. The molecule has 0 heterocycles. The summed E-state index contributed by atoms with van der Waals surface area (Å²) in [6, 6.07) is 9.91. The minimum Gasteiger partial charge on any atom is -0.548 e. The van der Waals surface area contributed by atoms with Gasteiger partial charge in [-0.3, -0.25) is 0 Å². The number of aliphatic hydroxyl groups is 1. The Morgan fingerprint density at radius 2 is 1.81 bits per heavy atom. The van der Waals surface area contributed by atoms with Crippen LogP contribution in [0, 0.1) is 0 Å². The molecule has 2 rings (SSSR count). The number of aliphatic hydroxyl groups excluding tert-OH is 1. The van der Waals surface area contributed by atoms with Crippen molar-refractivity contribution in [1.82, 2.24) is 4.72 Å². The molecule has 0 aliphatic heterocycles. The number of carbonyl (C=O) groups is 1. The van der Waals surface area contributed by atoms with E-state index in [1.807, 2.05) is 16.9 Å². The Hall–Kier alpha value is -1.96. The molecule has 2 atom stereocenters. The Morgan fingerprint density at radius 3 is 2.38 bits per heavy atom. The highest BCUT2D eigenvalue weighted by molar-refractivity contribution is 7.89. The van der Waals surface area contributed by atoms with Crippen LogP contribution in [0.1, 0.15) is 6.92 Å². The van der Waals surface area contributed by atoms with Crippen LogP contribution >= 0.6 is 0 Å². The number of hydrogen-bond donors (Lipinski definition) is 2. The third-order valence-electron chi connectivity index (χ3n) is 3.05. The maximum Gasteiger partial charge on any atom is 0.241 e. The molecular weight excluding hydrogens is 294 g/mol. The van der Waals surface area contributed by atoms with Gasteiger partial charge in [-0.2, -0.15) is 4.72 Å². The third-order valence-corrected chi connectivity index (χ3v) is 4.49. The SMILES string of the molecule is C[C@@H](O)[C@@H](NS(=O)(=O)c1ccc2ccccc2c1)C(=O)[O-]. The average molecular weight is 308 g/mol. The summed E-state index contributed by atoms with van der Waals surface area (Å²) < 4.78 is 26.3. The van der Waals surface area contributed by atoms with Crippen molar-refractivity contribution >= 4 is 26.8 Å². The predicted octanol–water partition coefficient (Wildman–Crippen LogP) is -0.383. The Bertz CT molecular complexity index is 770. The Morgan fingerprint density at radius 1 is 1.19 bits per heavy atom. The van der Waals surface area contributed by atoms with Crippen molar-refractivity contribution in [3.63, 3.8) is 0 Å². The third kappa shape index (κ3) is 3.38. The molecule has 0 amide bonds. The van der Waals surface area contributed by atoms with Gasteiger partial charge >= 0.3 is 0 Å². The highest BCUT2D eigenvalue weighted by Crippen LogP contribution is 2.19. The number of carbonyl (C=O) groups excluding carboxylic acids is 1. The van der Waals surface area contributed by atoms with E-state index in [4.69, 9.17) is 0 Å². The molecule has 0 saturated heterocycles. The summed E-state index contributed by atoms with van der Waals surface area (Å²) in [6.07, 6.45) is -1.41. The topological polar surface area (TPSA) is 107 Å². The molecule has 0 saturated carbocycles. The predicted molar refractivity (Wildman–Crippen MR) is 74.7 cm³/mol. The van der Waals surface area contributed by atoms with E-state index in [0.717, 1.165) is 5.39 Å². The molecular formula is C14H14NO5S-. The fraction of sp³-hybridized carbons (Fsp3) is 0.214. The zero-order valence-electron chi connectivity index (χ0n) is 11.2. The molecule has 6 nitrogen and oxygen atoms in total. The van der Waals surface area contributed by atoms with Gasteiger partial charge in [-0.1, -0.05) is 30.3 Å². The Kier molecular flexibility index (Phi) is 4.26. The molecule has 2 N–H and O–H groups in total. The van der Waals surface area contributed by atoms with Gasteiger partial charge in [0.1, 0.15) is 0 Å². The molecule has 2 aromatic carbocycles. The summed E-state index contributed by atoms with van der Waals surface area (Å²) in [7, 11) is -4.07. The summed E-state index contributed by atoms with van der Waals surface area (Å²) in [5, 5.41) is 21.8. The molecule has 0 aliphatic rings. The van der Waals surface area contributed by atoms with Gasteiger partial charge in [-0.05, 0) is 29.8 Å². The van der Waals surface area contributed by atoms with Crippen LogP contribution in [0.2, 0.25) is 0 Å². The molecule has 2 aromatic rings. The van der Waals surface area contributed by atoms with Crippen LogP contribution < -0.4 is 9.83 Å². The van der Waals surface area contributed by atoms with Gasteiger partial charge in [0.25, 0.3) is 0 Å². The van der Waals surface area contributed by atoms with E-state index in [2.05, 4.69) is 0 Å². The number of nitrogens with one attached hydrogen (secondary N) is 1. The van der Waals surface area contributed by atoms with Crippen LogP contribution in [-0.4, -0.2) is 31.6 Å². The highest BCUT2D eigenvalue weighted by atomic mass is 32.2. The first kappa shape index (κ1) is 15.4. The number of carboxylic acid groups (broad SMARTS) is 1. The summed E-state index contributed by atoms with van der Waals surface area (Å²) >= 11 is 0. The first-order valence-corrected chi connectivity index (χ1v) is 7.69. The highest BCUT2D eigenvalue weighted by Gasteiger charge is 2.24. The summed E-state index contributed by atoms with van der Waals surface area (Å²) in [6.45, 7) is 1.17. The Labute approximate surface area is 122 Å². The lowest BCUT2D eigenvalue weighted by atomic mass is 10.1. The molecule has 7 heteroatoms. The second-order valence-electron chi connectivity index (χ2n) is 4.67. The normalized spacial score (nSPS) is 14.8. The van der Waals surface area contributed by atoms with Gasteiger partial charge in [0, 0.05) is 0 Å². The van der Waals surface area contributed by atoms with E-state index < -0.39 is 28.1 Å². The molecule has 21 heavy (non-hydrogen) atoms. The van der Waals surface area contributed by atoms with Gasteiger partial charge < -0.3 is 15.0 Å². The zero-order chi connectivity index (χ0) is 15.6. The van der Waals surface area contributed by atoms with E-state index in [0.29, 0.717) is 5.39 Å². The Balaban J connectivity index is 2.39. The van der Waals surface area contributed by atoms with E-state index in [-0.39, 0.29) is 4.90 Å². The summed E-state index contributed by atoms with van der Waals surface area (Å²) in [5.74, 6) is -1.69. The number of sulfonamides is 1. The van der Waals surface area contributed by atoms with Crippen molar-refractivity contribution in [3.05, 3.63) is 42.5 Å². The molecule has 0 aliphatic carbocycles. The van der Waals surface area contributed by atoms with E-state index in [1.54, 1.807) is 18.2 Å². The lowest BCUT2D eigenvalue weighted by molar-refractivity contribution is -0.309. The van der Waals surface area contributed by atoms with Crippen LogP contribution in [-0.2, 0) is 14.8 Å². The minimum atomic E-state index is -4.07. The first-order chi connectivity index (χ1) is 9.81. The van der Waals surface area contributed by atoms with Gasteiger partial charge in [0.05, 0.1) is 23.0 Å². The van der Waals surface area contributed by atoms with E-state index in [1.165, 1.54) is 19.1 Å². The van der Waals surface area contributed by atoms with E-state index in [9.17, 15) is 23.4 Å². The van der Waals surface area contributed by atoms with Crippen LogP contribution in [0.15, 0.2) is 47.4 Å². The standard InChI is InChI=1S/C14H15NO5S/c1-9(16)13(14(17)18)15-21(19,20)12-7-6-10-4-2-3-5-11(10)8-12/h2-9,13,15-16H,1H3,(H,17,18)/p-1/t9-,13-/m1/s1. The van der Waals surface area contributed by atoms with E-state index >= 15 is 0 Å². The molecule has 0 unspecified atom stereocenters. The number of benzene rings is 2. The van der Waals surface area contributed by atoms with Crippen LogP contribution in [0.5, 0.6) is 0 Å². The smallest absolute Gasteiger partial charge is 0.241 e. The van der Waals surface area contributed by atoms with Crippen LogP contribution in [0.3, 0.4) is 0 Å². The maximum atomic E-state index is 12.2. The molecule has 0 spiro atoms. The number of rotatable bonds is 5. The second-order valence-corrected chi connectivity index (χ2v) is 6.38. The second kappa shape index (κ2) is 5.80. The van der Waals surface area contributed by atoms with Crippen molar-refractivity contribution < 1.29 is 23.4 Å². The number of hydrogen-bond acceptors (Lipinski definition) is 5. The fourth-order valence-electron chi connectivity index (χ4n) is 1.91. The molecule has 0 radical (unpaired) electrons. The van der Waals surface area contributed by atoms with Crippen LogP contribution in [0.4, 0.5) is 0 Å². The fourth-order valence-corrected chi connectivity index (χ4v) is 3.21. The largest absolute Gasteiger partial charge is 0.548 e. The van der Waals surface area contributed by atoms with Gasteiger partial charge in [0.2, 0.25) is 10.0 Å². The van der Waals surface area contributed by atoms with Gasteiger partial charge in [-0.25, -0.2) is 8.42 Å². The number of aliphatic carboxylic acids is 1. The summed E-state index contributed by atoms with van der Waals surface area (Å²) in [4.78, 5) is 10.8. The van der Waals surface area contributed by atoms with Crippen molar-refractivity contribution in [2.24, 2.45) is 0 Å². The molecule has 0 bridgehead atoms.